The van der Waals surface area contributed by atoms with E-state index in [0.717, 1.165) is 18.9 Å². The van der Waals surface area contributed by atoms with Gasteiger partial charge in [-0.25, -0.2) is 0 Å². The molecule has 0 aliphatic carbocycles. The molecule has 3 N–H and O–H groups in total. The Kier molecular flexibility index (Phi) is 3.63. The van der Waals surface area contributed by atoms with E-state index >= 15 is 0 Å². The fourth-order valence-electron chi connectivity index (χ4n) is 1.86. The highest BCUT2D eigenvalue weighted by Crippen LogP contribution is 2.08. The molecule has 0 amide bonds. The zero-order chi connectivity index (χ0) is 10.5. The summed E-state index contributed by atoms with van der Waals surface area (Å²) in [7, 11) is 0. The van der Waals surface area contributed by atoms with Gasteiger partial charge in [0.25, 0.3) is 0 Å². The highest BCUT2D eigenvalue weighted by Gasteiger charge is 2.15. The molecule has 0 aromatic carbocycles. The van der Waals surface area contributed by atoms with Crippen LogP contribution in [0.5, 0.6) is 0 Å². The molecule has 2 heterocycles. The molecule has 1 fully saturated rings. The number of rotatable bonds is 4. The molecule has 84 valence electrons. The van der Waals surface area contributed by atoms with Crippen LogP contribution in [0.4, 0.5) is 0 Å². The van der Waals surface area contributed by atoms with Gasteiger partial charge < -0.3 is 10.6 Å². The molecular formula is C9H18N6. The van der Waals surface area contributed by atoms with Crippen LogP contribution in [0.1, 0.15) is 38.1 Å². The minimum Gasteiger partial charge on any atom is -0.313 e. The van der Waals surface area contributed by atoms with E-state index in [2.05, 4.69) is 31.3 Å². The zero-order valence-electron chi connectivity index (χ0n) is 9.03. The summed E-state index contributed by atoms with van der Waals surface area (Å²) in [6.45, 7) is 4.16. The van der Waals surface area contributed by atoms with E-state index < -0.39 is 0 Å². The molecule has 1 aromatic heterocycles. The van der Waals surface area contributed by atoms with E-state index in [9.17, 15) is 0 Å². The Hall–Kier alpha value is -1.01. The normalized spacial score (nSPS) is 23.9. The Morgan fingerprint density at radius 2 is 2.47 bits per heavy atom. The standard InChI is InChI=1S/C9H18N6/c1-7(9-12-14-15-13-9)11-6-8-4-2-3-5-10-8/h7-8,10-11H,2-6H2,1H3,(H,12,13,14,15). The van der Waals surface area contributed by atoms with Crippen LogP contribution in [0.15, 0.2) is 0 Å². The number of aromatic nitrogens is 4. The quantitative estimate of drug-likeness (QED) is 0.651. The Bertz CT molecular complexity index is 266. The van der Waals surface area contributed by atoms with Gasteiger partial charge in [-0.3, -0.25) is 0 Å². The molecule has 1 aliphatic heterocycles. The van der Waals surface area contributed by atoms with Gasteiger partial charge in [0.15, 0.2) is 5.82 Å². The van der Waals surface area contributed by atoms with E-state index in [1.807, 2.05) is 6.92 Å². The van der Waals surface area contributed by atoms with Crippen LogP contribution in [0.3, 0.4) is 0 Å². The van der Waals surface area contributed by atoms with Crippen LogP contribution >= 0.6 is 0 Å². The highest BCUT2D eigenvalue weighted by molar-refractivity contribution is 4.87. The molecule has 1 aromatic rings. The summed E-state index contributed by atoms with van der Waals surface area (Å²) in [5, 5.41) is 20.8. The van der Waals surface area contributed by atoms with Crippen molar-refractivity contribution in [1.82, 2.24) is 31.3 Å². The smallest absolute Gasteiger partial charge is 0.191 e. The molecule has 0 saturated carbocycles. The van der Waals surface area contributed by atoms with Crippen LogP contribution in [0.25, 0.3) is 0 Å². The van der Waals surface area contributed by atoms with Crippen molar-refractivity contribution in [2.24, 2.45) is 0 Å². The minimum absolute atomic E-state index is 0.160. The average Bonchev–Trinajstić information content (AvgIpc) is 2.81. The Labute approximate surface area is 89.2 Å². The molecule has 15 heavy (non-hydrogen) atoms. The van der Waals surface area contributed by atoms with E-state index in [-0.39, 0.29) is 6.04 Å². The highest BCUT2D eigenvalue weighted by atomic mass is 15.5. The third kappa shape index (κ3) is 2.97. The van der Waals surface area contributed by atoms with Gasteiger partial charge in [0, 0.05) is 12.6 Å². The Morgan fingerprint density at radius 1 is 1.53 bits per heavy atom. The first kappa shape index (κ1) is 10.5. The first-order valence-corrected chi connectivity index (χ1v) is 5.56. The SMILES string of the molecule is CC(NCC1CCCCN1)c1nn[nH]n1. The van der Waals surface area contributed by atoms with Gasteiger partial charge in [-0.15, -0.1) is 10.2 Å². The largest absolute Gasteiger partial charge is 0.313 e. The Balaban J connectivity index is 1.73. The third-order valence-electron chi connectivity index (χ3n) is 2.83. The maximum absolute atomic E-state index is 3.95. The van der Waals surface area contributed by atoms with Crippen LogP contribution in [0.2, 0.25) is 0 Å². The van der Waals surface area contributed by atoms with Crippen molar-refractivity contribution in [2.45, 2.75) is 38.3 Å². The molecule has 6 heteroatoms. The lowest BCUT2D eigenvalue weighted by atomic mass is 10.0. The average molecular weight is 210 g/mol. The maximum Gasteiger partial charge on any atom is 0.191 e. The summed E-state index contributed by atoms with van der Waals surface area (Å²) in [5.74, 6) is 0.728. The number of H-pyrrole nitrogens is 1. The van der Waals surface area contributed by atoms with E-state index in [4.69, 9.17) is 0 Å². The summed E-state index contributed by atoms with van der Waals surface area (Å²) >= 11 is 0. The second-order valence-electron chi connectivity index (χ2n) is 4.05. The molecule has 6 nitrogen and oxygen atoms in total. The number of aromatic amines is 1. The van der Waals surface area contributed by atoms with E-state index in [1.54, 1.807) is 0 Å². The van der Waals surface area contributed by atoms with Gasteiger partial charge in [-0.2, -0.15) is 5.21 Å². The van der Waals surface area contributed by atoms with Crippen LogP contribution in [0, 0.1) is 0 Å². The van der Waals surface area contributed by atoms with Crippen molar-refractivity contribution in [3.63, 3.8) is 0 Å². The summed E-state index contributed by atoms with van der Waals surface area (Å²) < 4.78 is 0. The summed E-state index contributed by atoms with van der Waals surface area (Å²) in [6.07, 6.45) is 3.89. The number of tetrazole rings is 1. The van der Waals surface area contributed by atoms with Crippen molar-refractivity contribution in [1.29, 1.82) is 0 Å². The van der Waals surface area contributed by atoms with Crippen molar-refractivity contribution >= 4 is 0 Å². The number of piperidine rings is 1. The van der Waals surface area contributed by atoms with Crippen molar-refractivity contribution in [3.8, 4) is 0 Å². The fourth-order valence-corrected chi connectivity index (χ4v) is 1.86. The van der Waals surface area contributed by atoms with Crippen LogP contribution in [-0.2, 0) is 0 Å². The van der Waals surface area contributed by atoms with E-state index in [0.29, 0.717) is 6.04 Å². The first-order valence-electron chi connectivity index (χ1n) is 5.56. The van der Waals surface area contributed by atoms with Crippen LogP contribution in [-0.4, -0.2) is 39.8 Å². The molecule has 2 rings (SSSR count). The Morgan fingerprint density at radius 3 is 3.13 bits per heavy atom. The molecule has 0 radical (unpaired) electrons. The molecule has 2 unspecified atom stereocenters. The van der Waals surface area contributed by atoms with E-state index in [1.165, 1.54) is 19.3 Å². The molecule has 2 atom stereocenters. The first-order chi connectivity index (χ1) is 7.36. The number of hydrogen-bond acceptors (Lipinski definition) is 5. The summed E-state index contributed by atoms with van der Waals surface area (Å²) in [5.41, 5.74) is 0. The summed E-state index contributed by atoms with van der Waals surface area (Å²) in [4.78, 5) is 0. The second kappa shape index (κ2) is 5.18. The predicted molar refractivity (Wildman–Crippen MR) is 56.2 cm³/mol. The van der Waals surface area contributed by atoms with Gasteiger partial charge in [0.1, 0.15) is 0 Å². The molecule has 1 saturated heterocycles. The lowest BCUT2D eigenvalue weighted by molar-refractivity contribution is 0.368. The van der Waals surface area contributed by atoms with Crippen molar-refractivity contribution in [3.05, 3.63) is 5.82 Å². The minimum atomic E-state index is 0.160. The molecule has 1 aliphatic rings. The number of hydrogen-bond donors (Lipinski definition) is 3. The van der Waals surface area contributed by atoms with Gasteiger partial charge in [0.05, 0.1) is 6.04 Å². The third-order valence-corrected chi connectivity index (χ3v) is 2.83. The summed E-state index contributed by atoms with van der Waals surface area (Å²) in [6, 6.07) is 0.751. The maximum atomic E-state index is 3.95. The zero-order valence-corrected chi connectivity index (χ0v) is 9.03. The topological polar surface area (TPSA) is 78.5 Å². The molecule has 0 bridgehead atoms. The fraction of sp³-hybridized carbons (Fsp3) is 0.889. The van der Waals surface area contributed by atoms with Gasteiger partial charge in [-0.1, -0.05) is 11.6 Å². The van der Waals surface area contributed by atoms with Gasteiger partial charge >= 0.3 is 0 Å². The monoisotopic (exact) mass is 210 g/mol. The lowest BCUT2D eigenvalue weighted by Gasteiger charge is -2.24. The lowest BCUT2D eigenvalue weighted by Crippen LogP contribution is -2.42. The van der Waals surface area contributed by atoms with Crippen molar-refractivity contribution in [2.75, 3.05) is 13.1 Å². The second-order valence-corrected chi connectivity index (χ2v) is 4.05. The number of nitrogens with one attached hydrogen (secondary N) is 3. The van der Waals surface area contributed by atoms with Crippen molar-refractivity contribution < 1.29 is 0 Å². The van der Waals surface area contributed by atoms with Crippen LogP contribution < -0.4 is 10.6 Å². The molecule has 0 spiro atoms. The van der Waals surface area contributed by atoms with Gasteiger partial charge in [-0.05, 0) is 26.3 Å². The molecular weight excluding hydrogens is 192 g/mol. The van der Waals surface area contributed by atoms with Gasteiger partial charge in [0.2, 0.25) is 0 Å². The predicted octanol–water partition coefficient (Wildman–Crippen LogP) is -0.00760. The number of nitrogens with zero attached hydrogens (tertiary/aromatic N) is 3.